The quantitative estimate of drug-likeness (QED) is 0.806. The Bertz CT molecular complexity index is 739. The lowest BCUT2D eigenvalue weighted by Gasteiger charge is -2.33. The van der Waals surface area contributed by atoms with Gasteiger partial charge in [0.05, 0.1) is 5.56 Å². The molecule has 1 fully saturated rings. The third kappa shape index (κ3) is 4.22. The number of esters is 1. The third-order valence-corrected chi connectivity index (χ3v) is 5.31. The second-order valence-electron chi connectivity index (χ2n) is 6.41. The molecule has 1 N–H and O–H groups in total. The number of amides is 1. The van der Waals surface area contributed by atoms with Crippen molar-refractivity contribution >= 4 is 28.3 Å². The largest absolute Gasteiger partial charge is 0.508 e. The molecule has 1 amide bonds. The lowest BCUT2D eigenvalue weighted by molar-refractivity contribution is -0.127. The molecule has 0 spiro atoms. The van der Waals surface area contributed by atoms with E-state index in [4.69, 9.17) is 4.74 Å². The van der Waals surface area contributed by atoms with Crippen molar-refractivity contribution < 1.29 is 19.4 Å². The minimum Gasteiger partial charge on any atom is -0.508 e. The Hall–Kier alpha value is -2.41. The summed E-state index contributed by atoms with van der Waals surface area (Å²) in [4.78, 5) is 31.3. The van der Waals surface area contributed by atoms with Gasteiger partial charge < -0.3 is 9.84 Å². The highest BCUT2D eigenvalue weighted by atomic mass is 32.1. The maximum atomic E-state index is 13.0. The smallest absolute Gasteiger partial charge is 0.338 e. The van der Waals surface area contributed by atoms with Gasteiger partial charge in [-0.3, -0.25) is 9.69 Å². The molecule has 3 rings (SSSR count). The molecule has 7 heteroatoms. The number of hydrogen-bond donors (Lipinski definition) is 1. The summed E-state index contributed by atoms with van der Waals surface area (Å²) in [7, 11) is 0. The SMILES string of the molecule is C[C@H](OC(=O)c1ccc(O)cc1)C(=O)N(c1nccs1)C1CCCCC1. The van der Waals surface area contributed by atoms with Crippen molar-refractivity contribution in [2.24, 2.45) is 0 Å². The molecule has 1 aromatic heterocycles. The van der Waals surface area contributed by atoms with Crippen LogP contribution in [0.1, 0.15) is 49.4 Å². The van der Waals surface area contributed by atoms with E-state index in [0.29, 0.717) is 10.7 Å². The van der Waals surface area contributed by atoms with Crippen LogP contribution in [0.4, 0.5) is 5.13 Å². The maximum Gasteiger partial charge on any atom is 0.338 e. The van der Waals surface area contributed by atoms with Gasteiger partial charge >= 0.3 is 5.97 Å². The number of benzene rings is 1. The van der Waals surface area contributed by atoms with Gasteiger partial charge in [0.2, 0.25) is 0 Å². The van der Waals surface area contributed by atoms with Crippen LogP contribution in [0, 0.1) is 0 Å². The number of carbonyl (C=O) groups is 2. The molecule has 1 aliphatic carbocycles. The minimum absolute atomic E-state index is 0.0675. The van der Waals surface area contributed by atoms with E-state index in [9.17, 15) is 14.7 Å². The zero-order valence-electron chi connectivity index (χ0n) is 14.6. The molecular weight excluding hydrogens is 352 g/mol. The van der Waals surface area contributed by atoms with Crippen LogP contribution in [0.2, 0.25) is 0 Å². The molecule has 1 atom stereocenters. The maximum absolute atomic E-state index is 13.0. The molecule has 0 saturated heterocycles. The van der Waals surface area contributed by atoms with E-state index in [1.807, 2.05) is 5.38 Å². The fraction of sp³-hybridized carbons (Fsp3) is 0.421. The van der Waals surface area contributed by atoms with Crippen LogP contribution in [0.3, 0.4) is 0 Å². The Labute approximate surface area is 156 Å². The molecule has 0 unspecified atom stereocenters. The Morgan fingerprint density at radius 3 is 2.54 bits per heavy atom. The lowest BCUT2D eigenvalue weighted by atomic mass is 9.94. The van der Waals surface area contributed by atoms with Gasteiger partial charge in [0.1, 0.15) is 5.75 Å². The number of ether oxygens (including phenoxy) is 1. The van der Waals surface area contributed by atoms with E-state index in [1.165, 1.54) is 42.0 Å². The van der Waals surface area contributed by atoms with Crippen LogP contribution in [-0.2, 0) is 9.53 Å². The Balaban J connectivity index is 1.73. The predicted molar refractivity (Wildman–Crippen MR) is 99.5 cm³/mol. The first kappa shape index (κ1) is 18.4. The molecule has 6 nitrogen and oxygen atoms in total. The third-order valence-electron chi connectivity index (χ3n) is 4.54. The summed E-state index contributed by atoms with van der Waals surface area (Å²) >= 11 is 1.41. The number of phenols is 1. The van der Waals surface area contributed by atoms with E-state index in [2.05, 4.69) is 4.98 Å². The summed E-state index contributed by atoms with van der Waals surface area (Å²) in [5, 5.41) is 11.8. The number of aromatic nitrogens is 1. The van der Waals surface area contributed by atoms with Crippen molar-refractivity contribution in [2.75, 3.05) is 4.90 Å². The first-order valence-corrected chi connectivity index (χ1v) is 9.67. The highest BCUT2D eigenvalue weighted by molar-refractivity contribution is 7.13. The van der Waals surface area contributed by atoms with Crippen molar-refractivity contribution in [1.82, 2.24) is 4.98 Å². The summed E-state index contributed by atoms with van der Waals surface area (Å²) in [6.07, 6.45) is 5.98. The highest BCUT2D eigenvalue weighted by Gasteiger charge is 2.33. The van der Waals surface area contributed by atoms with Crippen molar-refractivity contribution in [3.8, 4) is 5.75 Å². The number of hydrogen-bond acceptors (Lipinski definition) is 6. The van der Waals surface area contributed by atoms with Crippen molar-refractivity contribution in [1.29, 1.82) is 0 Å². The van der Waals surface area contributed by atoms with Gasteiger partial charge in [0.15, 0.2) is 11.2 Å². The number of aromatic hydroxyl groups is 1. The predicted octanol–water partition coefficient (Wildman–Crippen LogP) is 3.76. The van der Waals surface area contributed by atoms with Crippen molar-refractivity contribution in [3.63, 3.8) is 0 Å². The number of nitrogens with zero attached hydrogens (tertiary/aromatic N) is 2. The molecule has 0 aliphatic heterocycles. The molecule has 138 valence electrons. The fourth-order valence-corrected chi connectivity index (χ4v) is 3.89. The molecule has 1 saturated carbocycles. The van der Waals surface area contributed by atoms with E-state index < -0.39 is 12.1 Å². The van der Waals surface area contributed by atoms with Gasteiger partial charge in [0.25, 0.3) is 5.91 Å². The highest BCUT2D eigenvalue weighted by Crippen LogP contribution is 2.29. The van der Waals surface area contributed by atoms with Gasteiger partial charge in [-0.25, -0.2) is 9.78 Å². The van der Waals surface area contributed by atoms with Gasteiger partial charge in [-0.05, 0) is 44.0 Å². The summed E-state index contributed by atoms with van der Waals surface area (Å²) in [6, 6.07) is 5.85. The van der Waals surface area contributed by atoms with E-state index in [-0.39, 0.29) is 17.7 Å². The average molecular weight is 374 g/mol. The van der Waals surface area contributed by atoms with E-state index >= 15 is 0 Å². The van der Waals surface area contributed by atoms with Gasteiger partial charge in [-0.1, -0.05) is 19.3 Å². The van der Waals surface area contributed by atoms with Gasteiger partial charge in [0, 0.05) is 17.6 Å². The normalized spacial score (nSPS) is 16.0. The topological polar surface area (TPSA) is 79.7 Å². The van der Waals surface area contributed by atoms with Crippen molar-refractivity contribution in [3.05, 3.63) is 41.4 Å². The molecule has 1 aliphatic rings. The van der Waals surface area contributed by atoms with E-state index in [1.54, 1.807) is 18.0 Å². The first-order chi connectivity index (χ1) is 12.6. The minimum atomic E-state index is -0.915. The van der Waals surface area contributed by atoms with Crippen LogP contribution in [0.5, 0.6) is 5.75 Å². The van der Waals surface area contributed by atoms with Crippen LogP contribution < -0.4 is 4.90 Å². The number of thiazole rings is 1. The van der Waals surface area contributed by atoms with Crippen molar-refractivity contribution in [2.45, 2.75) is 51.2 Å². The molecular formula is C19H22N2O4S. The summed E-state index contributed by atoms with van der Waals surface area (Å²) in [6.45, 7) is 1.59. The standard InChI is InChI=1S/C19H22N2O4S/c1-13(25-18(24)14-7-9-16(22)10-8-14)17(23)21(19-20-11-12-26-19)15-5-3-2-4-6-15/h7-13,15,22H,2-6H2,1H3/t13-/m0/s1. The number of phenolic OH excluding ortho intramolecular Hbond substituents is 1. The lowest BCUT2D eigenvalue weighted by Crippen LogP contribution is -2.47. The molecule has 0 radical (unpaired) electrons. The van der Waals surface area contributed by atoms with Crippen LogP contribution >= 0.6 is 11.3 Å². The monoisotopic (exact) mass is 374 g/mol. The molecule has 26 heavy (non-hydrogen) atoms. The number of rotatable bonds is 5. The second-order valence-corrected chi connectivity index (χ2v) is 7.28. The Morgan fingerprint density at radius 1 is 1.23 bits per heavy atom. The van der Waals surface area contributed by atoms with Gasteiger partial charge in [-0.2, -0.15) is 0 Å². The second kappa shape index (κ2) is 8.31. The average Bonchev–Trinajstić information content (AvgIpc) is 3.17. The van der Waals surface area contributed by atoms with Crippen LogP contribution in [0.15, 0.2) is 35.8 Å². The van der Waals surface area contributed by atoms with Gasteiger partial charge in [-0.15, -0.1) is 11.3 Å². The fourth-order valence-electron chi connectivity index (χ4n) is 3.18. The summed E-state index contributed by atoms with van der Waals surface area (Å²) in [5.41, 5.74) is 0.293. The number of anilines is 1. The zero-order chi connectivity index (χ0) is 18.5. The van der Waals surface area contributed by atoms with Crippen LogP contribution in [-0.4, -0.2) is 34.1 Å². The summed E-state index contributed by atoms with van der Waals surface area (Å²) < 4.78 is 5.37. The molecule has 2 aromatic rings. The number of carbonyl (C=O) groups excluding carboxylic acids is 2. The first-order valence-electron chi connectivity index (χ1n) is 8.79. The molecule has 1 aromatic carbocycles. The molecule has 0 bridgehead atoms. The Kier molecular flexibility index (Phi) is 5.88. The Morgan fingerprint density at radius 2 is 1.92 bits per heavy atom. The summed E-state index contributed by atoms with van der Waals surface area (Å²) in [5.74, 6) is -0.773. The molecule has 1 heterocycles. The van der Waals surface area contributed by atoms with Crippen LogP contribution in [0.25, 0.3) is 0 Å². The zero-order valence-corrected chi connectivity index (χ0v) is 15.4. The van der Waals surface area contributed by atoms with E-state index in [0.717, 1.165) is 25.7 Å².